The molecule has 2 aromatic rings. The van der Waals surface area contributed by atoms with E-state index in [9.17, 15) is 4.79 Å². The average Bonchev–Trinajstić information content (AvgIpc) is 2.68. The molecule has 1 heterocycles. The minimum Gasteiger partial charge on any atom is -0.497 e. The predicted octanol–water partition coefficient (Wildman–Crippen LogP) is 2.73. The van der Waals surface area contributed by atoms with Crippen molar-refractivity contribution in [2.75, 3.05) is 20.3 Å². The molecular weight excluding hydrogens is 330 g/mol. The van der Waals surface area contributed by atoms with Crippen LogP contribution >= 0.6 is 0 Å². The van der Waals surface area contributed by atoms with Crippen LogP contribution in [-0.2, 0) is 27.3 Å². The number of carbonyl (C=O) groups excluding carboxylic acids is 1. The van der Waals surface area contributed by atoms with Crippen molar-refractivity contribution in [3.8, 4) is 5.75 Å². The molecule has 26 heavy (non-hydrogen) atoms. The van der Waals surface area contributed by atoms with E-state index < -0.39 is 0 Å². The van der Waals surface area contributed by atoms with Crippen molar-refractivity contribution in [1.82, 2.24) is 5.32 Å². The molecular formula is C21H25NO4. The van der Waals surface area contributed by atoms with Crippen LogP contribution < -0.4 is 10.1 Å². The quantitative estimate of drug-likeness (QED) is 0.830. The molecule has 0 saturated carbocycles. The molecule has 5 heteroatoms. The van der Waals surface area contributed by atoms with Crippen molar-refractivity contribution in [3.05, 3.63) is 65.7 Å². The Balaban J connectivity index is 1.54. The van der Waals surface area contributed by atoms with Gasteiger partial charge >= 0.3 is 0 Å². The Hall–Kier alpha value is -2.37. The summed E-state index contributed by atoms with van der Waals surface area (Å²) in [5.74, 6) is 0.711. The van der Waals surface area contributed by atoms with E-state index in [1.54, 1.807) is 7.11 Å². The van der Waals surface area contributed by atoms with Crippen LogP contribution in [0, 0.1) is 0 Å². The molecule has 0 aliphatic carbocycles. The van der Waals surface area contributed by atoms with Crippen LogP contribution in [0.4, 0.5) is 0 Å². The number of methoxy groups -OCH3 is 1. The van der Waals surface area contributed by atoms with E-state index in [-0.39, 0.29) is 18.1 Å². The highest BCUT2D eigenvalue weighted by Crippen LogP contribution is 2.16. The predicted molar refractivity (Wildman–Crippen MR) is 99.1 cm³/mol. The summed E-state index contributed by atoms with van der Waals surface area (Å²) in [4.78, 5) is 12.4. The first-order valence-electron chi connectivity index (χ1n) is 8.90. The van der Waals surface area contributed by atoms with Gasteiger partial charge in [-0.2, -0.15) is 0 Å². The zero-order valence-electron chi connectivity index (χ0n) is 15.0. The largest absolute Gasteiger partial charge is 0.497 e. The highest BCUT2D eigenvalue weighted by Gasteiger charge is 2.28. The van der Waals surface area contributed by atoms with E-state index in [2.05, 4.69) is 5.32 Å². The van der Waals surface area contributed by atoms with Crippen LogP contribution in [0.3, 0.4) is 0 Å². The molecule has 138 valence electrons. The standard InChI is InChI=1S/C21H25NO4/c1-24-18-9-5-8-17(12-18)13-21(23)22-19-15-25-11-10-20(19)26-14-16-6-3-2-4-7-16/h2-9,12,19-20H,10-11,13-15H2,1H3,(H,22,23)/t19-,20+/m1/s1. The number of hydrogen-bond acceptors (Lipinski definition) is 4. The molecule has 2 aromatic carbocycles. The number of nitrogens with one attached hydrogen (secondary N) is 1. The molecule has 2 atom stereocenters. The lowest BCUT2D eigenvalue weighted by Crippen LogP contribution is -2.50. The molecule has 1 N–H and O–H groups in total. The molecule has 3 rings (SSSR count). The molecule has 0 aromatic heterocycles. The van der Waals surface area contributed by atoms with Crippen molar-refractivity contribution in [1.29, 1.82) is 0 Å². The van der Waals surface area contributed by atoms with Gasteiger partial charge in [0.05, 0.1) is 38.9 Å². The lowest BCUT2D eigenvalue weighted by molar-refractivity contribution is -0.125. The van der Waals surface area contributed by atoms with Gasteiger partial charge in [0.25, 0.3) is 0 Å². The van der Waals surface area contributed by atoms with Crippen LogP contribution in [-0.4, -0.2) is 38.4 Å². The third kappa shape index (κ3) is 5.31. The number of hydrogen-bond donors (Lipinski definition) is 1. The Kier molecular flexibility index (Phi) is 6.63. The van der Waals surface area contributed by atoms with Gasteiger partial charge in [-0.25, -0.2) is 0 Å². The van der Waals surface area contributed by atoms with E-state index in [1.165, 1.54) is 0 Å². The van der Waals surface area contributed by atoms with Gasteiger partial charge in [-0.1, -0.05) is 42.5 Å². The summed E-state index contributed by atoms with van der Waals surface area (Å²) in [6.45, 7) is 1.67. The Bertz CT molecular complexity index is 704. The van der Waals surface area contributed by atoms with Gasteiger partial charge in [0.2, 0.25) is 5.91 Å². The molecule has 1 amide bonds. The summed E-state index contributed by atoms with van der Waals surface area (Å²) in [6, 6.07) is 17.5. The smallest absolute Gasteiger partial charge is 0.224 e. The van der Waals surface area contributed by atoms with Gasteiger partial charge in [-0.3, -0.25) is 4.79 Å². The number of ether oxygens (including phenoxy) is 3. The van der Waals surface area contributed by atoms with Crippen molar-refractivity contribution >= 4 is 5.91 Å². The highest BCUT2D eigenvalue weighted by atomic mass is 16.5. The fraction of sp³-hybridized carbons (Fsp3) is 0.381. The minimum absolute atomic E-state index is 0.0398. The molecule has 0 radical (unpaired) electrons. The first kappa shape index (κ1) is 18.4. The van der Waals surface area contributed by atoms with Gasteiger partial charge in [-0.15, -0.1) is 0 Å². The van der Waals surface area contributed by atoms with Crippen molar-refractivity contribution < 1.29 is 19.0 Å². The molecule has 1 fully saturated rings. The van der Waals surface area contributed by atoms with E-state index in [1.807, 2.05) is 54.6 Å². The van der Waals surface area contributed by atoms with Crippen molar-refractivity contribution in [2.45, 2.75) is 31.6 Å². The van der Waals surface area contributed by atoms with Crippen LogP contribution in [0.15, 0.2) is 54.6 Å². The van der Waals surface area contributed by atoms with Gasteiger partial charge in [0.1, 0.15) is 5.75 Å². The van der Waals surface area contributed by atoms with Crippen molar-refractivity contribution in [2.24, 2.45) is 0 Å². The summed E-state index contributed by atoms with van der Waals surface area (Å²) in [5, 5.41) is 3.06. The van der Waals surface area contributed by atoms with E-state index >= 15 is 0 Å². The summed E-state index contributed by atoms with van der Waals surface area (Å²) >= 11 is 0. The molecule has 0 bridgehead atoms. The second-order valence-electron chi connectivity index (χ2n) is 6.40. The molecule has 0 spiro atoms. The van der Waals surface area contributed by atoms with Crippen LogP contribution in [0.25, 0.3) is 0 Å². The van der Waals surface area contributed by atoms with Gasteiger partial charge in [0.15, 0.2) is 0 Å². The van der Waals surface area contributed by atoms with Gasteiger partial charge in [0, 0.05) is 6.61 Å². The van der Waals surface area contributed by atoms with E-state index in [0.29, 0.717) is 26.2 Å². The van der Waals surface area contributed by atoms with E-state index in [4.69, 9.17) is 14.2 Å². The average molecular weight is 355 g/mol. The SMILES string of the molecule is COc1cccc(CC(=O)N[C@@H]2COCC[C@@H]2OCc2ccccc2)c1. The zero-order valence-corrected chi connectivity index (χ0v) is 15.0. The summed E-state index contributed by atoms with van der Waals surface area (Å²) in [5.41, 5.74) is 2.04. The van der Waals surface area contributed by atoms with Gasteiger partial charge < -0.3 is 19.5 Å². The third-order valence-electron chi connectivity index (χ3n) is 4.45. The topological polar surface area (TPSA) is 56.8 Å². The molecule has 1 aliphatic heterocycles. The summed E-state index contributed by atoms with van der Waals surface area (Å²) in [7, 11) is 1.62. The molecule has 1 saturated heterocycles. The van der Waals surface area contributed by atoms with Crippen LogP contribution in [0.2, 0.25) is 0 Å². The Morgan fingerprint density at radius 2 is 1.96 bits per heavy atom. The van der Waals surface area contributed by atoms with Crippen LogP contribution in [0.5, 0.6) is 5.75 Å². The van der Waals surface area contributed by atoms with Crippen LogP contribution in [0.1, 0.15) is 17.5 Å². The second kappa shape index (κ2) is 9.36. The van der Waals surface area contributed by atoms with Crippen molar-refractivity contribution in [3.63, 3.8) is 0 Å². The summed E-state index contributed by atoms with van der Waals surface area (Å²) < 4.78 is 16.8. The summed E-state index contributed by atoms with van der Waals surface area (Å²) in [6.07, 6.45) is 1.04. The maximum absolute atomic E-state index is 12.4. The Morgan fingerprint density at radius 3 is 2.77 bits per heavy atom. The maximum Gasteiger partial charge on any atom is 0.224 e. The Morgan fingerprint density at radius 1 is 1.15 bits per heavy atom. The maximum atomic E-state index is 12.4. The zero-order chi connectivity index (χ0) is 18.2. The highest BCUT2D eigenvalue weighted by molar-refractivity contribution is 5.79. The third-order valence-corrected chi connectivity index (χ3v) is 4.45. The van der Waals surface area contributed by atoms with E-state index in [0.717, 1.165) is 23.3 Å². The number of carbonyl (C=O) groups is 1. The Labute approximate surface area is 154 Å². The first-order valence-corrected chi connectivity index (χ1v) is 8.90. The number of rotatable bonds is 7. The monoisotopic (exact) mass is 355 g/mol. The fourth-order valence-corrected chi connectivity index (χ4v) is 3.06. The minimum atomic E-state index is -0.134. The molecule has 0 unspecified atom stereocenters. The number of amides is 1. The molecule has 5 nitrogen and oxygen atoms in total. The van der Waals surface area contributed by atoms with Gasteiger partial charge in [-0.05, 0) is 29.7 Å². The fourth-order valence-electron chi connectivity index (χ4n) is 3.06. The molecule has 1 aliphatic rings. The lowest BCUT2D eigenvalue weighted by atomic mass is 10.1. The second-order valence-corrected chi connectivity index (χ2v) is 6.40. The first-order chi connectivity index (χ1) is 12.7. The normalized spacial score (nSPS) is 19.7. The lowest BCUT2D eigenvalue weighted by Gasteiger charge is -2.32. The number of benzene rings is 2.